The lowest BCUT2D eigenvalue weighted by molar-refractivity contribution is 0.0695. The molecule has 1 aliphatic rings. The van der Waals surface area contributed by atoms with Gasteiger partial charge in [-0.1, -0.05) is 12.8 Å². The number of benzene rings is 1. The number of carbonyl (C=O) groups excluding carboxylic acids is 1. The second-order valence-corrected chi connectivity index (χ2v) is 5.41. The number of rotatable bonds is 5. The number of aliphatic hydroxyl groups is 1. The smallest absolute Gasteiger partial charge is 0.248 e. The Labute approximate surface area is 118 Å². The number of hydrogen-bond acceptors (Lipinski definition) is 3. The number of carbonyl (C=O) groups is 1. The molecule has 1 aromatic carbocycles. The summed E-state index contributed by atoms with van der Waals surface area (Å²) in [7, 11) is 0. The van der Waals surface area contributed by atoms with E-state index >= 15 is 0 Å². The van der Waals surface area contributed by atoms with Crippen molar-refractivity contribution in [1.29, 1.82) is 0 Å². The first-order chi connectivity index (χ1) is 9.58. The van der Waals surface area contributed by atoms with Crippen molar-refractivity contribution in [3.8, 4) is 0 Å². The van der Waals surface area contributed by atoms with E-state index in [1.807, 2.05) is 0 Å². The second-order valence-electron chi connectivity index (χ2n) is 5.41. The third-order valence-corrected chi connectivity index (χ3v) is 3.92. The first-order valence-electron chi connectivity index (χ1n) is 7.05. The van der Waals surface area contributed by atoms with E-state index in [1.54, 1.807) is 0 Å². The molecule has 110 valence electrons. The zero-order chi connectivity index (χ0) is 14.5. The van der Waals surface area contributed by atoms with Crippen LogP contribution in [0.25, 0.3) is 0 Å². The van der Waals surface area contributed by atoms with Crippen molar-refractivity contribution in [1.82, 2.24) is 5.32 Å². The van der Waals surface area contributed by atoms with E-state index in [2.05, 4.69) is 5.32 Å². The number of aliphatic hydroxyl groups excluding tert-OH is 1. The minimum atomic E-state index is -0.561. The van der Waals surface area contributed by atoms with Gasteiger partial charge in [0, 0.05) is 24.2 Å². The molecule has 20 heavy (non-hydrogen) atoms. The topological polar surface area (TPSA) is 75.4 Å². The summed E-state index contributed by atoms with van der Waals surface area (Å²) in [5.74, 6) is -0.688. The average Bonchev–Trinajstić information content (AvgIpc) is 2.42. The van der Waals surface area contributed by atoms with Gasteiger partial charge in [-0.25, -0.2) is 4.39 Å². The third kappa shape index (κ3) is 3.77. The summed E-state index contributed by atoms with van der Waals surface area (Å²) in [5.41, 5.74) is 5.91. The van der Waals surface area contributed by atoms with Crippen LogP contribution in [0.15, 0.2) is 18.2 Å². The van der Waals surface area contributed by atoms with E-state index < -0.39 is 5.91 Å². The lowest BCUT2D eigenvalue weighted by Gasteiger charge is -2.27. The first-order valence-corrected chi connectivity index (χ1v) is 7.05. The minimum Gasteiger partial charge on any atom is -0.393 e. The van der Waals surface area contributed by atoms with Crippen LogP contribution >= 0.6 is 0 Å². The van der Waals surface area contributed by atoms with E-state index in [4.69, 9.17) is 5.73 Å². The molecule has 2 rings (SSSR count). The van der Waals surface area contributed by atoms with Gasteiger partial charge in [-0.3, -0.25) is 4.79 Å². The predicted molar refractivity (Wildman–Crippen MR) is 74.6 cm³/mol. The van der Waals surface area contributed by atoms with Crippen LogP contribution in [-0.4, -0.2) is 23.7 Å². The summed E-state index contributed by atoms with van der Waals surface area (Å²) >= 11 is 0. The number of primary amides is 1. The summed E-state index contributed by atoms with van der Waals surface area (Å²) in [5, 5.41) is 13.0. The SMILES string of the molecule is NC(=O)c1ccc(F)c(CNCC2CCCCC2O)c1. The van der Waals surface area contributed by atoms with Gasteiger partial charge in [-0.15, -0.1) is 0 Å². The van der Waals surface area contributed by atoms with Gasteiger partial charge < -0.3 is 16.2 Å². The summed E-state index contributed by atoms with van der Waals surface area (Å²) in [6, 6.07) is 4.11. The fourth-order valence-electron chi connectivity index (χ4n) is 2.68. The van der Waals surface area contributed by atoms with Gasteiger partial charge in [0.1, 0.15) is 5.82 Å². The Bertz CT molecular complexity index is 479. The van der Waals surface area contributed by atoms with Crippen LogP contribution in [0.5, 0.6) is 0 Å². The second kappa shape index (κ2) is 6.81. The Morgan fingerprint density at radius 3 is 2.85 bits per heavy atom. The lowest BCUT2D eigenvalue weighted by atomic mass is 9.86. The summed E-state index contributed by atoms with van der Waals surface area (Å²) in [6.45, 7) is 0.984. The molecule has 2 atom stereocenters. The van der Waals surface area contributed by atoms with Crippen molar-refractivity contribution in [2.24, 2.45) is 11.7 Å². The number of amides is 1. The van der Waals surface area contributed by atoms with E-state index in [1.165, 1.54) is 18.2 Å². The number of nitrogens with one attached hydrogen (secondary N) is 1. The molecule has 2 unspecified atom stereocenters. The quantitative estimate of drug-likeness (QED) is 0.766. The van der Waals surface area contributed by atoms with Crippen LogP contribution in [0.3, 0.4) is 0 Å². The van der Waals surface area contributed by atoms with Crippen LogP contribution in [0, 0.1) is 11.7 Å². The van der Waals surface area contributed by atoms with Gasteiger partial charge in [0.25, 0.3) is 0 Å². The third-order valence-electron chi connectivity index (χ3n) is 3.92. The summed E-state index contributed by atoms with van der Waals surface area (Å²) < 4.78 is 13.6. The number of halogens is 1. The molecule has 1 aromatic rings. The van der Waals surface area contributed by atoms with E-state index in [0.29, 0.717) is 24.2 Å². The summed E-state index contributed by atoms with van der Waals surface area (Å²) in [4.78, 5) is 11.1. The molecular weight excluding hydrogens is 259 g/mol. The van der Waals surface area contributed by atoms with Crippen LogP contribution in [0.2, 0.25) is 0 Å². The van der Waals surface area contributed by atoms with E-state index in [-0.39, 0.29) is 17.8 Å². The van der Waals surface area contributed by atoms with Gasteiger partial charge >= 0.3 is 0 Å². The van der Waals surface area contributed by atoms with Gasteiger partial charge in [-0.2, -0.15) is 0 Å². The Balaban J connectivity index is 1.90. The maximum absolute atomic E-state index is 13.6. The molecule has 1 amide bonds. The van der Waals surface area contributed by atoms with Gasteiger partial charge in [0.15, 0.2) is 0 Å². The Kier molecular flexibility index (Phi) is 5.09. The van der Waals surface area contributed by atoms with E-state index in [0.717, 1.165) is 25.7 Å². The molecule has 0 saturated heterocycles. The van der Waals surface area contributed by atoms with Crippen molar-refractivity contribution in [2.45, 2.75) is 38.3 Å². The van der Waals surface area contributed by atoms with Crippen molar-refractivity contribution < 1.29 is 14.3 Å². The molecule has 0 aromatic heterocycles. The van der Waals surface area contributed by atoms with Crippen LogP contribution in [0.4, 0.5) is 4.39 Å². The fourth-order valence-corrected chi connectivity index (χ4v) is 2.68. The van der Waals surface area contributed by atoms with Crippen molar-refractivity contribution in [3.05, 3.63) is 35.1 Å². The fraction of sp³-hybridized carbons (Fsp3) is 0.533. The largest absolute Gasteiger partial charge is 0.393 e. The van der Waals surface area contributed by atoms with Crippen LogP contribution in [-0.2, 0) is 6.54 Å². The molecule has 0 spiro atoms. The molecular formula is C15H21FN2O2. The van der Waals surface area contributed by atoms with Crippen LogP contribution < -0.4 is 11.1 Å². The molecule has 4 N–H and O–H groups in total. The molecule has 0 heterocycles. The number of nitrogens with two attached hydrogens (primary N) is 1. The minimum absolute atomic E-state index is 0.228. The highest BCUT2D eigenvalue weighted by atomic mass is 19.1. The Morgan fingerprint density at radius 2 is 2.15 bits per heavy atom. The number of hydrogen-bond donors (Lipinski definition) is 3. The van der Waals surface area contributed by atoms with Crippen LogP contribution in [0.1, 0.15) is 41.6 Å². The molecule has 0 aliphatic heterocycles. The zero-order valence-electron chi connectivity index (χ0n) is 11.4. The first kappa shape index (κ1) is 14.9. The Morgan fingerprint density at radius 1 is 1.40 bits per heavy atom. The molecule has 0 radical (unpaired) electrons. The molecule has 1 saturated carbocycles. The molecule has 5 heteroatoms. The highest BCUT2D eigenvalue weighted by Crippen LogP contribution is 2.23. The maximum atomic E-state index is 13.6. The standard InChI is InChI=1S/C15H21FN2O2/c16-13-6-5-10(15(17)20)7-12(13)9-18-8-11-3-1-2-4-14(11)19/h5-7,11,14,18-19H,1-4,8-9H2,(H2,17,20). The highest BCUT2D eigenvalue weighted by molar-refractivity contribution is 5.92. The highest BCUT2D eigenvalue weighted by Gasteiger charge is 2.22. The predicted octanol–water partition coefficient (Wildman–Crippen LogP) is 1.57. The van der Waals surface area contributed by atoms with Crippen molar-refractivity contribution in [3.63, 3.8) is 0 Å². The zero-order valence-corrected chi connectivity index (χ0v) is 11.4. The van der Waals surface area contributed by atoms with Crippen molar-refractivity contribution in [2.75, 3.05) is 6.54 Å². The molecule has 1 aliphatic carbocycles. The monoisotopic (exact) mass is 280 g/mol. The Hall–Kier alpha value is -1.46. The molecule has 1 fully saturated rings. The summed E-state index contributed by atoms with van der Waals surface area (Å²) in [6.07, 6.45) is 3.79. The van der Waals surface area contributed by atoms with Gasteiger partial charge in [-0.05, 0) is 37.0 Å². The molecule has 0 bridgehead atoms. The van der Waals surface area contributed by atoms with Gasteiger partial charge in [0.2, 0.25) is 5.91 Å². The van der Waals surface area contributed by atoms with Crippen molar-refractivity contribution >= 4 is 5.91 Å². The van der Waals surface area contributed by atoms with E-state index in [9.17, 15) is 14.3 Å². The lowest BCUT2D eigenvalue weighted by Crippen LogP contribution is -2.33. The maximum Gasteiger partial charge on any atom is 0.248 e. The average molecular weight is 280 g/mol. The molecule has 4 nitrogen and oxygen atoms in total. The van der Waals surface area contributed by atoms with Gasteiger partial charge in [0.05, 0.1) is 6.10 Å². The normalized spacial score (nSPS) is 22.7.